The van der Waals surface area contributed by atoms with Crippen molar-refractivity contribution >= 4 is 0 Å². The maximum atomic E-state index is 13.4. The highest BCUT2D eigenvalue weighted by Gasteiger charge is 2.43. The number of aryl methyl sites for hydroxylation is 1. The summed E-state index contributed by atoms with van der Waals surface area (Å²) in [5.74, 6) is 0.232. The fourth-order valence-corrected chi connectivity index (χ4v) is 4.20. The van der Waals surface area contributed by atoms with Crippen LogP contribution in [0.1, 0.15) is 48.2 Å². The Morgan fingerprint density at radius 2 is 1.89 bits per heavy atom. The van der Waals surface area contributed by atoms with E-state index in [4.69, 9.17) is 4.74 Å². The first-order valence-corrected chi connectivity index (χ1v) is 9.58. The van der Waals surface area contributed by atoms with Gasteiger partial charge < -0.3 is 19.8 Å². The van der Waals surface area contributed by atoms with Crippen molar-refractivity contribution < 1.29 is 19.3 Å². The number of piperidine rings is 1. The number of β-amino-alcohol motifs (C(OH)–C–C–N with tert-alkyl or cyclic N) is 1. The van der Waals surface area contributed by atoms with Crippen molar-refractivity contribution in [2.75, 3.05) is 19.6 Å². The summed E-state index contributed by atoms with van der Waals surface area (Å²) in [7, 11) is 0. The minimum atomic E-state index is -0.700. The molecule has 0 unspecified atom stereocenters. The molecule has 4 nitrogen and oxygen atoms in total. The average molecular weight is 371 g/mol. The maximum absolute atomic E-state index is 13.4. The van der Waals surface area contributed by atoms with E-state index in [2.05, 4.69) is 4.90 Å². The molecule has 2 aromatic rings. The number of hydrogen-bond donors (Lipinski definition) is 2. The lowest BCUT2D eigenvalue weighted by molar-refractivity contribution is -0.0589. The van der Waals surface area contributed by atoms with Crippen LogP contribution in [0.2, 0.25) is 0 Å². The Kier molecular flexibility index (Phi) is 4.93. The minimum Gasteiger partial charge on any atom is -0.487 e. The standard InChI is InChI=1S/C22H26FNO3/c1-15-2-4-16(5-3-15)20(26)14-24-10-8-22(9-11-24)13-19(25)18-12-17(23)6-7-21(18)27-22/h2-7,12,19-20,25-26H,8-11,13-14H2,1H3/t19-,20-/m0/s1. The molecule has 0 saturated carbocycles. The summed E-state index contributed by atoms with van der Waals surface area (Å²) in [6.45, 7) is 4.22. The number of halogens is 1. The second-order valence-electron chi connectivity index (χ2n) is 7.91. The molecule has 2 aliphatic rings. The van der Waals surface area contributed by atoms with E-state index in [1.54, 1.807) is 6.07 Å². The molecule has 0 radical (unpaired) electrons. The van der Waals surface area contributed by atoms with Crippen molar-refractivity contribution in [2.45, 2.75) is 44.0 Å². The molecular formula is C22H26FNO3. The molecule has 0 aliphatic carbocycles. The van der Waals surface area contributed by atoms with Crippen molar-refractivity contribution in [3.63, 3.8) is 0 Å². The summed E-state index contributed by atoms with van der Waals surface area (Å²) in [5.41, 5.74) is 2.24. The van der Waals surface area contributed by atoms with E-state index in [1.165, 1.54) is 17.7 Å². The van der Waals surface area contributed by atoms with E-state index in [0.29, 0.717) is 24.3 Å². The highest BCUT2D eigenvalue weighted by Crippen LogP contribution is 2.44. The number of aliphatic hydroxyl groups is 2. The number of fused-ring (bicyclic) bond motifs is 1. The van der Waals surface area contributed by atoms with Crippen molar-refractivity contribution in [1.82, 2.24) is 4.90 Å². The van der Waals surface area contributed by atoms with E-state index in [9.17, 15) is 14.6 Å². The van der Waals surface area contributed by atoms with Crippen molar-refractivity contribution in [3.05, 3.63) is 65.0 Å². The smallest absolute Gasteiger partial charge is 0.126 e. The number of hydrogen-bond acceptors (Lipinski definition) is 4. The van der Waals surface area contributed by atoms with Gasteiger partial charge in [0.2, 0.25) is 0 Å². The molecule has 4 rings (SSSR count). The second kappa shape index (κ2) is 7.23. The first-order chi connectivity index (χ1) is 12.9. The number of nitrogens with zero attached hydrogens (tertiary/aromatic N) is 1. The summed E-state index contributed by atoms with van der Waals surface area (Å²) in [4.78, 5) is 2.24. The Balaban J connectivity index is 1.39. The van der Waals surface area contributed by atoms with Gasteiger partial charge >= 0.3 is 0 Å². The van der Waals surface area contributed by atoms with E-state index in [-0.39, 0.29) is 5.82 Å². The van der Waals surface area contributed by atoms with Crippen LogP contribution in [0.4, 0.5) is 4.39 Å². The second-order valence-corrected chi connectivity index (χ2v) is 7.91. The van der Waals surface area contributed by atoms with Gasteiger partial charge in [-0.2, -0.15) is 0 Å². The molecule has 1 saturated heterocycles. The van der Waals surface area contributed by atoms with Crippen LogP contribution in [0.5, 0.6) is 5.75 Å². The van der Waals surface area contributed by atoms with Crippen LogP contribution < -0.4 is 4.74 Å². The molecule has 1 fully saturated rings. The van der Waals surface area contributed by atoms with Gasteiger partial charge in [0.25, 0.3) is 0 Å². The monoisotopic (exact) mass is 371 g/mol. The van der Waals surface area contributed by atoms with Crippen molar-refractivity contribution in [3.8, 4) is 5.75 Å². The van der Waals surface area contributed by atoms with Crippen LogP contribution in [0.25, 0.3) is 0 Å². The summed E-state index contributed by atoms with van der Waals surface area (Å²) < 4.78 is 19.7. The fourth-order valence-electron chi connectivity index (χ4n) is 4.20. The molecule has 2 aromatic carbocycles. The van der Waals surface area contributed by atoms with Gasteiger partial charge in [0.05, 0.1) is 12.2 Å². The van der Waals surface area contributed by atoms with Crippen LogP contribution in [-0.4, -0.2) is 40.3 Å². The van der Waals surface area contributed by atoms with Crippen LogP contribution in [0.3, 0.4) is 0 Å². The zero-order valence-corrected chi connectivity index (χ0v) is 15.6. The summed E-state index contributed by atoms with van der Waals surface area (Å²) in [6.07, 6.45) is 0.830. The van der Waals surface area contributed by atoms with E-state index in [1.807, 2.05) is 31.2 Å². The van der Waals surface area contributed by atoms with Gasteiger partial charge in [-0.1, -0.05) is 29.8 Å². The molecule has 2 heterocycles. The Morgan fingerprint density at radius 1 is 1.19 bits per heavy atom. The van der Waals surface area contributed by atoms with Gasteiger partial charge in [-0.15, -0.1) is 0 Å². The van der Waals surface area contributed by atoms with E-state index < -0.39 is 17.8 Å². The lowest BCUT2D eigenvalue weighted by atomic mass is 9.81. The molecular weight excluding hydrogens is 345 g/mol. The maximum Gasteiger partial charge on any atom is 0.126 e. The molecule has 0 amide bonds. The Bertz CT molecular complexity index is 800. The SMILES string of the molecule is Cc1ccc([C@@H](O)CN2CCC3(CC2)C[C@H](O)c2cc(F)ccc2O3)cc1. The van der Waals surface area contributed by atoms with Gasteiger partial charge in [-0.3, -0.25) is 0 Å². The molecule has 2 N–H and O–H groups in total. The summed E-state index contributed by atoms with van der Waals surface area (Å²) >= 11 is 0. The van der Waals surface area contributed by atoms with E-state index >= 15 is 0 Å². The topological polar surface area (TPSA) is 52.9 Å². The summed E-state index contributed by atoms with van der Waals surface area (Å²) in [6, 6.07) is 12.3. The van der Waals surface area contributed by atoms with Crippen molar-refractivity contribution in [2.24, 2.45) is 0 Å². The predicted octanol–water partition coefficient (Wildman–Crippen LogP) is 3.52. The number of rotatable bonds is 3. The molecule has 2 aliphatic heterocycles. The van der Waals surface area contributed by atoms with Gasteiger partial charge in [-0.25, -0.2) is 4.39 Å². The minimum absolute atomic E-state index is 0.354. The van der Waals surface area contributed by atoms with Crippen LogP contribution in [0, 0.1) is 12.7 Å². The lowest BCUT2D eigenvalue weighted by Gasteiger charge is -2.46. The third-order valence-corrected chi connectivity index (χ3v) is 5.88. The Labute approximate surface area is 159 Å². The molecule has 2 atom stereocenters. The largest absolute Gasteiger partial charge is 0.487 e. The molecule has 144 valence electrons. The van der Waals surface area contributed by atoms with Crippen LogP contribution in [0.15, 0.2) is 42.5 Å². The van der Waals surface area contributed by atoms with Crippen LogP contribution >= 0.6 is 0 Å². The highest BCUT2D eigenvalue weighted by molar-refractivity contribution is 5.38. The number of likely N-dealkylation sites (tertiary alicyclic amines) is 1. The quantitative estimate of drug-likeness (QED) is 0.867. The van der Waals surface area contributed by atoms with Crippen LogP contribution in [-0.2, 0) is 0 Å². The van der Waals surface area contributed by atoms with Gasteiger partial charge in [0.1, 0.15) is 17.2 Å². The first kappa shape index (κ1) is 18.4. The fraction of sp³-hybridized carbons (Fsp3) is 0.455. The molecule has 5 heteroatoms. The summed E-state index contributed by atoms with van der Waals surface area (Å²) in [5, 5.41) is 21.0. The van der Waals surface area contributed by atoms with Gasteiger partial charge in [0, 0.05) is 31.6 Å². The lowest BCUT2D eigenvalue weighted by Crippen LogP contribution is -2.51. The zero-order chi connectivity index (χ0) is 19.0. The predicted molar refractivity (Wildman–Crippen MR) is 101 cm³/mol. The molecule has 0 bridgehead atoms. The highest BCUT2D eigenvalue weighted by atomic mass is 19.1. The number of benzene rings is 2. The average Bonchev–Trinajstić information content (AvgIpc) is 2.65. The number of aliphatic hydroxyl groups excluding tert-OH is 2. The van der Waals surface area contributed by atoms with Gasteiger partial charge in [-0.05, 0) is 43.5 Å². The van der Waals surface area contributed by atoms with Crippen molar-refractivity contribution in [1.29, 1.82) is 0 Å². The molecule has 27 heavy (non-hydrogen) atoms. The van der Waals surface area contributed by atoms with E-state index in [0.717, 1.165) is 31.5 Å². The third kappa shape index (κ3) is 3.86. The van der Waals surface area contributed by atoms with Gasteiger partial charge in [0.15, 0.2) is 0 Å². The Morgan fingerprint density at radius 3 is 2.59 bits per heavy atom. The normalized spacial score (nSPS) is 22.9. The Hall–Kier alpha value is -1.95. The number of ether oxygens (including phenoxy) is 1. The third-order valence-electron chi connectivity index (χ3n) is 5.88. The molecule has 0 aromatic heterocycles. The zero-order valence-electron chi connectivity index (χ0n) is 15.6. The molecule has 1 spiro atoms. The first-order valence-electron chi connectivity index (χ1n) is 9.58.